The predicted molar refractivity (Wildman–Crippen MR) is 562 cm³/mol. The predicted octanol–water partition coefficient (Wildman–Crippen LogP) is 8.55. The molecule has 36 nitrogen and oxygen atoms in total. The van der Waals surface area contributed by atoms with E-state index in [2.05, 4.69) is 110 Å². The molecule has 10 aromatic carbocycles. The second kappa shape index (κ2) is 63.9. The minimum absolute atomic E-state index is 0. The van der Waals surface area contributed by atoms with Gasteiger partial charge in [0.1, 0.15) is 23.3 Å². The number of halogens is 4. The average Bonchev–Trinajstić information content (AvgIpc) is 1.68. The first-order chi connectivity index (χ1) is 68.3. The molecule has 0 aliphatic carbocycles. The van der Waals surface area contributed by atoms with E-state index in [-0.39, 0.29) is 84.3 Å². The average molecular weight is 2250 g/mol. The zero-order chi connectivity index (χ0) is 105. The summed E-state index contributed by atoms with van der Waals surface area (Å²) in [5.74, 6) is -0.594. The third-order valence-corrected chi connectivity index (χ3v) is 22.4. The molecule has 0 fully saturated rings. The zero-order valence-electron chi connectivity index (χ0n) is 80.9. The molecule has 4 heterocycles. The number of hydroxylamine groups is 1. The van der Waals surface area contributed by atoms with Gasteiger partial charge in [0, 0.05) is 42.6 Å². The molecule has 7 atom stereocenters. The van der Waals surface area contributed by atoms with E-state index >= 15 is 0 Å². The van der Waals surface area contributed by atoms with Crippen molar-refractivity contribution < 1.29 is 123 Å². The Labute approximate surface area is 895 Å². The van der Waals surface area contributed by atoms with Crippen molar-refractivity contribution in [2.24, 2.45) is 34.7 Å². The summed E-state index contributed by atoms with van der Waals surface area (Å²) < 4.78 is 19.8. The normalized spacial score (nSPS) is 11.7. The summed E-state index contributed by atoms with van der Waals surface area (Å²) in [6.45, 7) is 13.1. The largest absolute Gasteiger partial charge is 1.00 e. The SMILES string of the molecule is CCOC(=O)C(CNOC)CC(C)=O.CCOC(=O)c1cc(C)nn1-c1ccc(Br)cc1.Cc1cc(C(=O)N[C@@H](Cc2ccccc2)C(O)C(N)=O)n(-c2ccc(-c3ccccc3)cc2)n1.Cc1cc(C(=O)N[C@@H](Cc2ccccc2)C(O)C(N)=O)n(-c2ccc(Br)cc2)n1.Cc1cc(C(=O)O)n(-c2ccc(Br)cc2)n1.NC(=O)C(O)[C@@H](N)Cc1ccccc1.NNc1ccc(Br)cc1.OB(O)c1ccccc1.[Na+].[OH-]. The Bertz CT molecular complexity index is 6360. The van der Waals surface area contributed by atoms with Crippen molar-refractivity contribution in [3.8, 4) is 33.9 Å². The van der Waals surface area contributed by atoms with Gasteiger partial charge < -0.3 is 94.1 Å². The fourth-order valence-electron chi connectivity index (χ4n) is 13.3. The number of esters is 2. The molecule has 145 heavy (non-hydrogen) atoms. The van der Waals surface area contributed by atoms with Gasteiger partial charge in [-0.25, -0.2) is 33.8 Å². The number of nitrogens with two attached hydrogens (primary N) is 5. The number of aliphatic hydroxyl groups is 3. The van der Waals surface area contributed by atoms with Gasteiger partial charge in [-0.2, -0.15) is 20.4 Å². The van der Waals surface area contributed by atoms with E-state index in [1.807, 2.05) is 256 Å². The number of ether oxygens (including phenoxy) is 2. The summed E-state index contributed by atoms with van der Waals surface area (Å²) in [4.78, 5) is 110. The first kappa shape index (κ1) is 122. The molecule has 0 spiro atoms. The van der Waals surface area contributed by atoms with Crippen LogP contribution >= 0.6 is 63.7 Å². The number of anilines is 1. The number of carbonyl (C=O) groups is 9. The van der Waals surface area contributed by atoms with E-state index in [0.717, 1.165) is 68.5 Å². The molecule has 42 heteroatoms. The minimum Gasteiger partial charge on any atom is -0.870 e. The molecule has 4 aromatic heterocycles. The fraction of sp³-hybridized carbons (Fsp3) is 0.214. The number of carbonyl (C=O) groups excluding carboxylic acids is 8. The van der Waals surface area contributed by atoms with Crippen LogP contribution in [-0.4, -0.2) is 199 Å². The number of rotatable bonds is 33. The van der Waals surface area contributed by atoms with Crippen LogP contribution in [0, 0.1) is 33.6 Å². The number of nitrogen functional groups attached to an aromatic ring is 1. The van der Waals surface area contributed by atoms with E-state index in [1.54, 1.807) is 92.5 Å². The molecule has 14 rings (SSSR count). The summed E-state index contributed by atoms with van der Waals surface area (Å²) in [6, 6.07) is 88.4. The molecule has 758 valence electrons. The number of aliphatic hydroxyl groups excluding tert-OH is 3. The number of carboxylic acids is 1. The van der Waals surface area contributed by atoms with E-state index in [9.17, 15) is 58.5 Å². The Morgan fingerprint density at radius 1 is 0.428 bits per heavy atom. The van der Waals surface area contributed by atoms with Crippen molar-refractivity contribution in [1.29, 1.82) is 0 Å². The van der Waals surface area contributed by atoms with Gasteiger partial charge in [-0.15, -0.1) is 0 Å². The minimum atomic E-state index is -1.54. The quantitative estimate of drug-likeness (QED) is 0.00792. The van der Waals surface area contributed by atoms with Gasteiger partial charge in [0.2, 0.25) is 17.7 Å². The maximum atomic E-state index is 13.2. The number of aryl methyl sites for hydroxylation is 4. The summed E-state index contributed by atoms with van der Waals surface area (Å²) >= 11 is 13.4. The maximum Gasteiger partial charge on any atom is 1.00 e. The third-order valence-electron chi connectivity index (χ3n) is 20.3. The molecule has 4 unspecified atom stereocenters. The molecule has 21 N–H and O–H groups in total. The van der Waals surface area contributed by atoms with Crippen molar-refractivity contribution in [2.45, 2.75) is 111 Å². The van der Waals surface area contributed by atoms with Crippen LogP contribution < -0.4 is 85.3 Å². The molecular formula is C103H115BBr4N17NaO19. The number of aromatic carboxylic acids is 1. The summed E-state index contributed by atoms with van der Waals surface area (Å²) in [6.07, 6.45) is -3.23. The number of hydrazine groups is 1. The van der Waals surface area contributed by atoms with Gasteiger partial charge in [0.15, 0.2) is 23.6 Å². The van der Waals surface area contributed by atoms with Gasteiger partial charge in [0.05, 0.1) is 83.9 Å². The van der Waals surface area contributed by atoms with E-state index in [4.69, 9.17) is 53.4 Å². The zero-order valence-corrected chi connectivity index (χ0v) is 89.2. The number of hydrogen-bond acceptors (Lipinski definition) is 26. The Hall–Kier alpha value is -13.1. The Morgan fingerprint density at radius 3 is 1.06 bits per heavy atom. The van der Waals surface area contributed by atoms with Crippen LogP contribution in [0.4, 0.5) is 5.69 Å². The number of primary amides is 3. The van der Waals surface area contributed by atoms with Crippen LogP contribution in [0.2, 0.25) is 0 Å². The monoisotopic (exact) mass is 2240 g/mol. The number of amides is 5. The number of hydrogen-bond donors (Lipinski definition) is 15. The molecule has 0 aliphatic heterocycles. The summed E-state index contributed by atoms with van der Waals surface area (Å²) in [7, 11) is 0.113. The molecule has 0 bridgehead atoms. The van der Waals surface area contributed by atoms with Crippen LogP contribution in [0.1, 0.15) is 109 Å². The smallest absolute Gasteiger partial charge is 0.870 e. The number of benzene rings is 10. The number of nitrogens with one attached hydrogen (secondary N) is 4. The van der Waals surface area contributed by atoms with Gasteiger partial charge >= 0.3 is 54.6 Å². The third kappa shape index (κ3) is 41.5. The second-order valence-corrected chi connectivity index (χ2v) is 35.1. The molecule has 0 radical (unpaired) electrons. The topological polar surface area (TPSA) is 582 Å². The molecule has 0 saturated carbocycles. The van der Waals surface area contributed by atoms with Crippen LogP contribution in [0.3, 0.4) is 0 Å². The molecular weight excluding hydrogens is 2130 g/mol. The van der Waals surface area contributed by atoms with Crippen LogP contribution in [0.5, 0.6) is 0 Å². The van der Waals surface area contributed by atoms with Gasteiger partial charge in [-0.3, -0.25) is 34.6 Å². The maximum absolute atomic E-state index is 13.2. The Kier molecular flexibility index (Phi) is 53.9. The first-order valence-electron chi connectivity index (χ1n) is 44.4. The van der Waals surface area contributed by atoms with E-state index in [0.29, 0.717) is 70.6 Å². The van der Waals surface area contributed by atoms with Crippen molar-refractivity contribution >= 4 is 135 Å². The number of aromatic nitrogens is 8. The Morgan fingerprint density at radius 2 is 0.738 bits per heavy atom. The summed E-state index contributed by atoms with van der Waals surface area (Å²) in [5.41, 5.74) is 39.4. The second-order valence-electron chi connectivity index (χ2n) is 31.5. The van der Waals surface area contributed by atoms with E-state index in [1.165, 1.54) is 23.4 Å². The van der Waals surface area contributed by atoms with Crippen molar-refractivity contribution in [1.82, 2.24) is 55.2 Å². The number of nitrogens with zero attached hydrogens (tertiary/aromatic N) is 8. The Balaban J connectivity index is 0.000000303. The molecule has 0 saturated heterocycles. The van der Waals surface area contributed by atoms with Crippen LogP contribution in [-0.2, 0) is 57.5 Å². The molecule has 0 aliphatic rings. The van der Waals surface area contributed by atoms with Crippen molar-refractivity contribution in [3.05, 3.63) is 377 Å². The molecule has 14 aromatic rings. The number of ketones is 1. The van der Waals surface area contributed by atoms with Gasteiger partial charge in [-0.05, 0) is 234 Å². The summed E-state index contributed by atoms with van der Waals surface area (Å²) in [5, 5.41) is 78.9. The fourth-order valence-corrected chi connectivity index (χ4v) is 14.4. The first-order valence-corrected chi connectivity index (χ1v) is 47.6. The van der Waals surface area contributed by atoms with Crippen LogP contribution in [0.15, 0.2) is 315 Å². The van der Waals surface area contributed by atoms with Crippen molar-refractivity contribution in [2.75, 3.05) is 32.3 Å². The molecule has 5 amide bonds. The van der Waals surface area contributed by atoms with Gasteiger partial charge in [-0.1, -0.05) is 228 Å². The van der Waals surface area contributed by atoms with Gasteiger partial charge in [0.25, 0.3) is 11.8 Å². The van der Waals surface area contributed by atoms with E-state index < -0.39 is 85.0 Å². The number of carboxylic acid groups (broad SMARTS) is 1. The standard InChI is InChI=1S/C27H26N4O3.C21H21BrN4O3.C13H13BrN2O2.C11H9BrN2O2.C10H14N2O2.C9H17NO4.C6H7BO2.C6H7BrN2.Na.H2O/c1-18-16-24(27(34)29-23(25(32)26(28)33)17-19-8-4-2-5-9-19)31(30-18)22-14-12-21(13-15-22)20-10-6-3-7-11-20;1-13-11-18(26(25-13)16-9-7-15(22)8-10-16)21(29)24-17(19(27)20(23)28)12-14-5-3-2-4-6-14;1-3-18-13(17)12-8-9(2)15-16(12)11-6-4-10(14)5-7-11;1-7-6-10(11(15)16)14(13-7)9-4-2-8(12)3-5-9;11-8(9(13)10(12)14)6-7-4-2-1-3-5-7;1-4-14-9(12)8(5-7(2)11)6-10-13-3;8-7(9)6-4-2-1-3-5-6;7-5-1-3-6(9-8)4-2-5;;/h2-16,23,25,32H,17H2,1H3,(H2,28,33)(H,29,34);2-11,17,19,27H,12H2,1H3,(H2,23,28)(H,24,29);4-8H,3H2,1-2H3;2-6H,1H3,(H,15,16);1-5,8-9,13H,6,11H2,(H2,12,14);8,10H,4-6H2,1-3H3;1-5,8-9H;1-4,9H,8H2;;1H2/q;;;;;;;;+1;/p-1/t23-,25?;17-,19?;;;8-,9?;;;;;/m00..0...../s1. The van der Waals surface area contributed by atoms with Crippen molar-refractivity contribution in [3.63, 3.8) is 0 Å². The number of Topliss-reactive ketones (excluding diaryl/α,β-unsaturated/α-hetero) is 1. The van der Waals surface area contributed by atoms with Crippen LogP contribution in [0.25, 0.3) is 33.9 Å².